The number of amides is 2. The molecule has 1 saturated carbocycles. The van der Waals surface area contributed by atoms with Gasteiger partial charge in [-0.15, -0.1) is 0 Å². The van der Waals surface area contributed by atoms with Crippen molar-refractivity contribution in [1.29, 1.82) is 0 Å². The second kappa shape index (κ2) is 7.15. The summed E-state index contributed by atoms with van der Waals surface area (Å²) in [6.45, 7) is 6.79. The molecule has 3 N–H and O–H groups in total. The van der Waals surface area contributed by atoms with Crippen LogP contribution in [0.25, 0.3) is 0 Å². The van der Waals surface area contributed by atoms with E-state index in [1.807, 2.05) is 43.9 Å². The van der Waals surface area contributed by atoms with Gasteiger partial charge in [-0.3, -0.25) is 9.69 Å². The first-order valence-electron chi connectivity index (χ1n) is 9.11. The molecule has 0 atom stereocenters. The number of hydrogen-bond donors (Lipinski definition) is 3. The fraction of sp³-hybridized carbons (Fsp3) is 0.579. The Morgan fingerprint density at radius 1 is 1.35 bits per heavy atom. The highest BCUT2D eigenvalue weighted by Gasteiger charge is 2.35. The molecular weight excluding hydrogens is 334 g/mol. The number of carbonyl (C=O) groups excluding carboxylic acids is 1. The topological polar surface area (TPSA) is 90.9 Å². The minimum atomic E-state index is -0.815. The standard InChI is InChI=1S/C19H27N3O4/c1-4-22(11-17(23)24)15-8-14(9-15)21-18(25)20-13-5-6-16-12(7-13)10-19(2,3)26-16/h5-7,14-15H,4,8-11H2,1-3H3,(H,23,24)(H2,20,21,25). The van der Waals surface area contributed by atoms with Gasteiger partial charge in [0.15, 0.2) is 0 Å². The second-order valence-corrected chi connectivity index (χ2v) is 7.74. The van der Waals surface area contributed by atoms with Crippen LogP contribution in [0.4, 0.5) is 10.5 Å². The molecule has 0 radical (unpaired) electrons. The summed E-state index contributed by atoms with van der Waals surface area (Å²) in [7, 11) is 0. The zero-order valence-corrected chi connectivity index (χ0v) is 15.5. The Bertz CT molecular complexity index is 698. The molecule has 1 heterocycles. The van der Waals surface area contributed by atoms with Crippen molar-refractivity contribution in [2.75, 3.05) is 18.4 Å². The van der Waals surface area contributed by atoms with Gasteiger partial charge in [-0.1, -0.05) is 6.92 Å². The molecule has 0 saturated heterocycles. The predicted octanol–water partition coefficient (Wildman–Crippen LogP) is 2.46. The number of carbonyl (C=O) groups is 2. The summed E-state index contributed by atoms with van der Waals surface area (Å²) in [4.78, 5) is 25.0. The van der Waals surface area contributed by atoms with Crippen molar-refractivity contribution in [1.82, 2.24) is 10.2 Å². The predicted molar refractivity (Wildman–Crippen MR) is 98.7 cm³/mol. The first-order valence-corrected chi connectivity index (χ1v) is 9.11. The van der Waals surface area contributed by atoms with E-state index in [9.17, 15) is 9.59 Å². The van der Waals surface area contributed by atoms with Gasteiger partial charge in [0.2, 0.25) is 0 Å². The number of carboxylic acid groups (broad SMARTS) is 1. The van der Waals surface area contributed by atoms with E-state index in [4.69, 9.17) is 9.84 Å². The third-order valence-corrected chi connectivity index (χ3v) is 5.03. The van der Waals surface area contributed by atoms with E-state index in [1.54, 1.807) is 0 Å². The smallest absolute Gasteiger partial charge is 0.319 e. The maximum atomic E-state index is 12.2. The van der Waals surface area contributed by atoms with Gasteiger partial charge in [0.1, 0.15) is 11.4 Å². The number of aliphatic carboxylic acids is 1. The molecule has 0 bridgehead atoms. The van der Waals surface area contributed by atoms with Gasteiger partial charge in [0.05, 0.1) is 6.54 Å². The van der Waals surface area contributed by atoms with Crippen LogP contribution >= 0.6 is 0 Å². The number of nitrogens with zero attached hydrogens (tertiary/aromatic N) is 1. The molecule has 1 aromatic carbocycles. The van der Waals surface area contributed by atoms with E-state index >= 15 is 0 Å². The minimum absolute atomic E-state index is 0.0492. The quantitative estimate of drug-likeness (QED) is 0.724. The molecule has 1 aliphatic carbocycles. The van der Waals surface area contributed by atoms with Gasteiger partial charge in [-0.25, -0.2) is 4.79 Å². The third kappa shape index (κ3) is 4.27. The van der Waals surface area contributed by atoms with Gasteiger partial charge >= 0.3 is 12.0 Å². The van der Waals surface area contributed by atoms with Crippen LogP contribution in [0.1, 0.15) is 39.2 Å². The third-order valence-electron chi connectivity index (χ3n) is 5.03. The number of rotatable bonds is 6. The monoisotopic (exact) mass is 361 g/mol. The van der Waals surface area contributed by atoms with E-state index in [1.165, 1.54) is 0 Å². The zero-order chi connectivity index (χ0) is 18.9. The summed E-state index contributed by atoms with van der Waals surface area (Å²) in [5.41, 5.74) is 1.65. The molecule has 7 heteroatoms. The second-order valence-electron chi connectivity index (χ2n) is 7.74. The van der Waals surface area contributed by atoms with Crippen LogP contribution in [0.15, 0.2) is 18.2 Å². The van der Waals surface area contributed by atoms with Crippen molar-refractivity contribution in [2.45, 2.75) is 57.7 Å². The summed E-state index contributed by atoms with van der Waals surface area (Å²) >= 11 is 0. The highest BCUT2D eigenvalue weighted by Crippen LogP contribution is 2.36. The molecule has 26 heavy (non-hydrogen) atoms. The average Bonchev–Trinajstić information content (AvgIpc) is 2.81. The number of likely N-dealkylation sites (N-methyl/N-ethyl adjacent to an activating group) is 1. The SMILES string of the molecule is CCN(CC(=O)O)C1CC(NC(=O)Nc2ccc3c(c2)CC(C)(C)O3)C1. The molecule has 1 aliphatic heterocycles. The fourth-order valence-corrected chi connectivity index (χ4v) is 3.72. The van der Waals surface area contributed by atoms with Crippen molar-refractivity contribution >= 4 is 17.7 Å². The average molecular weight is 361 g/mol. The van der Waals surface area contributed by atoms with Gasteiger partial charge in [0.25, 0.3) is 0 Å². The van der Waals surface area contributed by atoms with Crippen molar-refractivity contribution in [3.05, 3.63) is 23.8 Å². The molecule has 0 aromatic heterocycles. The number of nitrogens with one attached hydrogen (secondary N) is 2. The van der Waals surface area contributed by atoms with Crippen LogP contribution in [0, 0.1) is 0 Å². The first kappa shape index (κ1) is 18.5. The van der Waals surface area contributed by atoms with Gasteiger partial charge < -0.3 is 20.5 Å². The lowest BCUT2D eigenvalue weighted by Gasteiger charge is -2.42. The summed E-state index contributed by atoms with van der Waals surface area (Å²) in [5, 5.41) is 14.8. The van der Waals surface area contributed by atoms with Crippen molar-refractivity contribution < 1.29 is 19.4 Å². The molecule has 142 valence electrons. The van der Waals surface area contributed by atoms with Gasteiger partial charge in [-0.2, -0.15) is 0 Å². The number of ether oxygens (including phenoxy) is 1. The molecule has 2 aliphatic rings. The number of anilines is 1. The fourth-order valence-electron chi connectivity index (χ4n) is 3.72. The summed E-state index contributed by atoms with van der Waals surface area (Å²) in [6.07, 6.45) is 2.38. The summed E-state index contributed by atoms with van der Waals surface area (Å²) in [6, 6.07) is 5.77. The van der Waals surface area contributed by atoms with Crippen molar-refractivity contribution in [2.24, 2.45) is 0 Å². The van der Waals surface area contributed by atoms with E-state index in [0.29, 0.717) is 6.54 Å². The maximum absolute atomic E-state index is 12.2. The molecule has 0 spiro atoms. The van der Waals surface area contributed by atoms with Crippen LogP contribution in [-0.2, 0) is 11.2 Å². The molecule has 3 rings (SSSR count). The molecular formula is C19H27N3O4. The van der Waals surface area contributed by atoms with Crippen molar-refractivity contribution in [3.63, 3.8) is 0 Å². The van der Waals surface area contributed by atoms with Crippen LogP contribution in [0.5, 0.6) is 5.75 Å². The Kier molecular flexibility index (Phi) is 5.09. The number of carboxylic acids is 1. The Balaban J connectivity index is 1.47. The molecule has 7 nitrogen and oxygen atoms in total. The summed E-state index contributed by atoms with van der Waals surface area (Å²) in [5.74, 6) is 0.0608. The van der Waals surface area contributed by atoms with E-state index in [0.717, 1.165) is 36.3 Å². The molecule has 1 fully saturated rings. The molecule has 1 aromatic rings. The lowest BCUT2D eigenvalue weighted by atomic mass is 9.85. The highest BCUT2D eigenvalue weighted by atomic mass is 16.5. The molecule has 0 unspecified atom stereocenters. The maximum Gasteiger partial charge on any atom is 0.319 e. The lowest BCUT2D eigenvalue weighted by molar-refractivity contribution is -0.139. The van der Waals surface area contributed by atoms with Crippen LogP contribution in [0.2, 0.25) is 0 Å². The Morgan fingerprint density at radius 3 is 2.73 bits per heavy atom. The summed E-state index contributed by atoms with van der Waals surface area (Å²) < 4.78 is 5.84. The van der Waals surface area contributed by atoms with E-state index in [-0.39, 0.29) is 30.3 Å². The number of fused-ring (bicyclic) bond motifs is 1. The Morgan fingerprint density at radius 2 is 2.08 bits per heavy atom. The van der Waals surface area contributed by atoms with Gasteiger partial charge in [0, 0.05) is 29.8 Å². The highest BCUT2D eigenvalue weighted by molar-refractivity contribution is 5.89. The zero-order valence-electron chi connectivity index (χ0n) is 15.5. The van der Waals surface area contributed by atoms with E-state index in [2.05, 4.69) is 10.6 Å². The van der Waals surface area contributed by atoms with Crippen molar-refractivity contribution in [3.8, 4) is 5.75 Å². The van der Waals surface area contributed by atoms with E-state index < -0.39 is 5.97 Å². The van der Waals surface area contributed by atoms with Gasteiger partial charge in [-0.05, 0) is 51.4 Å². The first-order chi connectivity index (χ1) is 12.3. The Hall–Kier alpha value is -2.28. The van der Waals surface area contributed by atoms with Crippen LogP contribution < -0.4 is 15.4 Å². The normalized spacial score (nSPS) is 22.9. The number of hydrogen-bond acceptors (Lipinski definition) is 4. The molecule has 2 amide bonds. The van der Waals surface area contributed by atoms with Crippen LogP contribution in [-0.4, -0.2) is 52.8 Å². The Labute approximate surface area is 153 Å². The largest absolute Gasteiger partial charge is 0.487 e. The lowest BCUT2D eigenvalue weighted by Crippen LogP contribution is -2.55. The minimum Gasteiger partial charge on any atom is -0.487 e. The number of urea groups is 1. The van der Waals surface area contributed by atoms with Crippen LogP contribution in [0.3, 0.4) is 0 Å². The number of benzene rings is 1.